The molecular weight excluding hydrogens is 434 g/mol. The highest BCUT2D eigenvalue weighted by Crippen LogP contribution is 2.29. The SMILES string of the molecule is CC1(c2ccc(Cl)cc2)NC(=O)N(CC(=O)NCC(=O)Nc2ccc(F)c(F)c2)C1=O. The van der Waals surface area contributed by atoms with Crippen molar-refractivity contribution in [1.29, 1.82) is 0 Å². The molecule has 31 heavy (non-hydrogen) atoms. The summed E-state index contributed by atoms with van der Waals surface area (Å²) < 4.78 is 26.1. The Balaban J connectivity index is 1.56. The highest BCUT2D eigenvalue weighted by molar-refractivity contribution is 6.30. The zero-order valence-electron chi connectivity index (χ0n) is 16.2. The Bertz CT molecular complexity index is 1060. The summed E-state index contributed by atoms with van der Waals surface area (Å²) in [6.07, 6.45) is 0. The Kier molecular flexibility index (Phi) is 6.21. The van der Waals surface area contributed by atoms with Gasteiger partial charge in [-0.05, 0) is 36.8 Å². The zero-order valence-corrected chi connectivity index (χ0v) is 16.9. The number of urea groups is 1. The Hall–Kier alpha value is -3.53. The van der Waals surface area contributed by atoms with Gasteiger partial charge in [0.25, 0.3) is 5.91 Å². The topological polar surface area (TPSA) is 108 Å². The molecule has 1 aliphatic heterocycles. The van der Waals surface area contributed by atoms with Crippen molar-refractivity contribution >= 4 is 41.0 Å². The maximum Gasteiger partial charge on any atom is 0.325 e. The van der Waals surface area contributed by atoms with E-state index in [0.29, 0.717) is 10.6 Å². The number of anilines is 1. The molecule has 0 radical (unpaired) electrons. The first-order valence-electron chi connectivity index (χ1n) is 9.02. The summed E-state index contributed by atoms with van der Waals surface area (Å²) in [5.41, 5.74) is -0.874. The van der Waals surface area contributed by atoms with E-state index in [2.05, 4.69) is 16.0 Å². The van der Waals surface area contributed by atoms with Crippen LogP contribution < -0.4 is 16.0 Å². The zero-order chi connectivity index (χ0) is 22.8. The van der Waals surface area contributed by atoms with Crippen molar-refractivity contribution in [3.8, 4) is 0 Å². The first-order chi connectivity index (χ1) is 14.6. The molecule has 162 valence electrons. The number of carbonyl (C=O) groups is 4. The average molecular weight is 451 g/mol. The maximum absolute atomic E-state index is 13.2. The number of nitrogens with one attached hydrogen (secondary N) is 3. The van der Waals surface area contributed by atoms with E-state index in [4.69, 9.17) is 11.6 Å². The lowest BCUT2D eigenvalue weighted by atomic mass is 9.92. The molecule has 5 amide bonds. The largest absolute Gasteiger partial charge is 0.345 e. The van der Waals surface area contributed by atoms with Crippen LogP contribution in [-0.4, -0.2) is 41.7 Å². The monoisotopic (exact) mass is 450 g/mol. The van der Waals surface area contributed by atoms with E-state index in [9.17, 15) is 28.0 Å². The minimum absolute atomic E-state index is 0.00554. The van der Waals surface area contributed by atoms with Gasteiger partial charge in [0.15, 0.2) is 11.6 Å². The standard InChI is InChI=1S/C20H17ClF2N4O4/c1-20(11-2-4-12(21)5-3-11)18(30)27(19(31)26-20)10-17(29)24-9-16(28)25-13-6-7-14(22)15(23)8-13/h2-8H,9-10H2,1H3,(H,24,29)(H,25,28)(H,26,31). The molecule has 3 N–H and O–H groups in total. The van der Waals surface area contributed by atoms with Crippen LogP contribution in [-0.2, 0) is 19.9 Å². The molecule has 1 saturated heterocycles. The first-order valence-corrected chi connectivity index (χ1v) is 9.39. The third kappa shape index (κ3) is 4.80. The fourth-order valence-electron chi connectivity index (χ4n) is 2.98. The van der Waals surface area contributed by atoms with Crippen molar-refractivity contribution in [1.82, 2.24) is 15.5 Å². The van der Waals surface area contributed by atoms with Crippen LogP contribution in [0.15, 0.2) is 42.5 Å². The lowest BCUT2D eigenvalue weighted by molar-refractivity contribution is -0.135. The van der Waals surface area contributed by atoms with E-state index in [1.54, 1.807) is 24.3 Å². The van der Waals surface area contributed by atoms with Crippen molar-refractivity contribution in [2.24, 2.45) is 0 Å². The van der Waals surface area contributed by atoms with Crippen LogP contribution in [0.25, 0.3) is 0 Å². The third-order valence-electron chi connectivity index (χ3n) is 4.65. The molecule has 1 unspecified atom stereocenters. The highest BCUT2D eigenvalue weighted by Gasteiger charge is 2.49. The van der Waals surface area contributed by atoms with Gasteiger partial charge in [-0.2, -0.15) is 0 Å². The molecule has 1 atom stereocenters. The van der Waals surface area contributed by atoms with Gasteiger partial charge in [0.1, 0.15) is 12.1 Å². The van der Waals surface area contributed by atoms with Crippen LogP contribution in [0.5, 0.6) is 0 Å². The van der Waals surface area contributed by atoms with Crippen molar-refractivity contribution in [2.45, 2.75) is 12.5 Å². The number of benzene rings is 2. The van der Waals surface area contributed by atoms with Crippen LogP contribution in [0, 0.1) is 11.6 Å². The van der Waals surface area contributed by atoms with Gasteiger partial charge in [-0.1, -0.05) is 23.7 Å². The molecule has 2 aromatic rings. The van der Waals surface area contributed by atoms with E-state index < -0.39 is 54.0 Å². The number of carbonyl (C=O) groups excluding carboxylic acids is 4. The molecule has 3 rings (SSSR count). The summed E-state index contributed by atoms with van der Waals surface area (Å²) >= 11 is 5.85. The van der Waals surface area contributed by atoms with Crippen molar-refractivity contribution < 1.29 is 28.0 Å². The van der Waals surface area contributed by atoms with E-state index in [-0.39, 0.29) is 5.69 Å². The van der Waals surface area contributed by atoms with Gasteiger partial charge < -0.3 is 16.0 Å². The summed E-state index contributed by atoms with van der Waals surface area (Å²) in [6, 6.07) is 8.36. The molecule has 8 nitrogen and oxygen atoms in total. The van der Waals surface area contributed by atoms with Crippen molar-refractivity contribution in [3.63, 3.8) is 0 Å². The number of imide groups is 1. The molecule has 0 saturated carbocycles. The minimum Gasteiger partial charge on any atom is -0.345 e. The number of rotatable bonds is 6. The Morgan fingerprint density at radius 3 is 2.39 bits per heavy atom. The Morgan fingerprint density at radius 1 is 1.06 bits per heavy atom. The summed E-state index contributed by atoms with van der Waals surface area (Å²) in [5, 5.41) is 7.55. The molecule has 0 spiro atoms. The van der Waals surface area contributed by atoms with E-state index in [1.807, 2.05) is 0 Å². The summed E-state index contributed by atoms with van der Waals surface area (Å²) in [4.78, 5) is 49.8. The Labute approximate surface area is 180 Å². The van der Waals surface area contributed by atoms with Gasteiger partial charge in [0, 0.05) is 16.8 Å². The van der Waals surface area contributed by atoms with Gasteiger partial charge in [-0.25, -0.2) is 13.6 Å². The van der Waals surface area contributed by atoms with Gasteiger partial charge >= 0.3 is 6.03 Å². The second kappa shape index (κ2) is 8.68. The van der Waals surface area contributed by atoms with Gasteiger partial charge in [-0.3, -0.25) is 19.3 Å². The molecule has 1 heterocycles. The maximum atomic E-state index is 13.2. The fourth-order valence-corrected chi connectivity index (χ4v) is 3.10. The summed E-state index contributed by atoms with van der Waals surface area (Å²) in [5.74, 6) is -4.30. The fraction of sp³-hybridized carbons (Fsp3) is 0.200. The molecule has 0 aromatic heterocycles. The normalized spacial score (nSPS) is 18.0. The molecule has 1 aliphatic rings. The second-order valence-corrected chi connectivity index (χ2v) is 7.34. The Morgan fingerprint density at radius 2 is 1.74 bits per heavy atom. The van der Waals surface area contributed by atoms with Gasteiger partial charge in [0.05, 0.1) is 6.54 Å². The minimum atomic E-state index is -1.37. The van der Waals surface area contributed by atoms with E-state index >= 15 is 0 Å². The summed E-state index contributed by atoms with van der Waals surface area (Å²) in [6.45, 7) is 0.395. The highest BCUT2D eigenvalue weighted by atomic mass is 35.5. The molecule has 0 aliphatic carbocycles. The summed E-state index contributed by atoms with van der Waals surface area (Å²) in [7, 11) is 0. The smallest absolute Gasteiger partial charge is 0.325 e. The van der Waals surface area contributed by atoms with Crippen LogP contribution in [0.4, 0.5) is 19.3 Å². The molecule has 0 bridgehead atoms. The second-order valence-electron chi connectivity index (χ2n) is 6.91. The molecular formula is C20H17ClF2N4O4. The van der Waals surface area contributed by atoms with Gasteiger partial charge in [-0.15, -0.1) is 0 Å². The lowest BCUT2D eigenvalue weighted by Crippen LogP contribution is -2.44. The quantitative estimate of drug-likeness (QED) is 0.586. The van der Waals surface area contributed by atoms with Crippen molar-refractivity contribution in [3.05, 3.63) is 64.7 Å². The molecule has 2 aromatic carbocycles. The van der Waals surface area contributed by atoms with Crippen LogP contribution >= 0.6 is 11.6 Å². The van der Waals surface area contributed by atoms with Gasteiger partial charge in [0.2, 0.25) is 11.8 Å². The van der Waals surface area contributed by atoms with Crippen molar-refractivity contribution in [2.75, 3.05) is 18.4 Å². The lowest BCUT2D eigenvalue weighted by Gasteiger charge is -2.22. The van der Waals surface area contributed by atoms with Crippen LogP contribution in [0.1, 0.15) is 12.5 Å². The van der Waals surface area contributed by atoms with E-state index in [1.165, 1.54) is 6.92 Å². The predicted octanol–water partition coefficient (Wildman–Crippen LogP) is 2.14. The van der Waals surface area contributed by atoms with E-state index in [0.717, 1.165) is 23.1 Å². The molecule has 11 heteroatoms. The number of hydrogen-bond acceptors (Lipinski definition) is 4. The van der Waals surface area contributed by atoms with Crippen LogP contribution in [0.3, 0.4) is 0 Å². The third-order valence-corrected chi connectivity index (χ3v) is 4.90. The first kappa shape index (κ1) is 22.2. The van der Waals surface area contributed by atoms with Crippen LogP contribution in [0.2, 0.25) is 5.02 Å². The molecule has 1 fully saturated rings. The predicted molar refractivity (Wildman–Crippen MR) is 107 cm³/mol. The number of nitrogens with zero attached hydrogens (tertiary/aromatic N) is 1. The average Bonchev–Trinajstić information content (AvgIpc) is 2.93. The number of halogens is 3. The number of hydrogen-bond donors (Lipinski definition) is 3. The number of amides is 5.